The van der Waals surface area contributed by atoms with Crippen molar-refractivity contribution >= 4 is 32.0 Å². The maximum Gasteiger partial charge on any atom is 0.236 e. The predicted molar refractivity (Wildman–Crippen MR) is 76.3 cm³/mol. The third-order valence-corrected chi connectivity index (χ3v) is 4.85. The van der Waals surface area contributed by atoms with Crippen LogP contribution < -0.4 is 5.73 Å². The fourth-order valence-electron chi connectivity index (χ4n) is 1.85. The molecule has 0 bridgehead atoms. The summed E-state index contributed by atoms with van der Waals surface area (Å²) in [5, 5.41) is 1.24. The minimum Gasteiger partial charge on any atom is -0.326 e. The third-order valence-electron chi connectivity index (χ3n) is 2.83. The van der Waals surface area contributed by atoms with Gasteiger partial charge in [0.2, 0.25) is 10.0 Å². The number of halogens is 1. The molecule has 1 heterocycles. The third kappa shape index (κ3) is 3.41. The van der Waals surface area contributed by atoms with E-state index in [4.69, 9.17) is 5.73 Å². The van der Waals surface area contributed by atoms with Crippen LogP contribution in [0.4, 0.5) is 0 Å². The molecule has 6 heteroatoms. The number of nitrogens with zero attached hydrogens (tertiary/aromatic N) is 1. The average Bonchev–Trinajstić information content (AvgIpc) is 2.74. The van der Waals surface area contributed by atoms with Crippen molar-refractivity contribution in [1.29, 1.82) is 0 Å². The lowest BCUT2D eigenvalue weighted by molar-refractivity contribution is 0.481. The standard InChI is InChI=1S/C12H15BrN2O2S/c13-11-3-1-2-10(8-11)5-7-18(16,17)15-6-4-12(14)9-15/h1-3,5,7-8,12H,4,6,9,14H2/b7-5+/t12-/m0/s1. The molecule has 1 aromatic rings. The summed E-state index contributed by atoms with van der Waals surface area (Å²) in [7, 11) is -3.35. The first-order valence-electron chi connectivity index (χ1n) is 5.67. The SMILES string of the molecule is N[C@H]1CCN(S(=O)(=O)/C=C/c2cccc(Br)c2)C1. The van der Waals surface area contributed by atoms with Gasteiger partial charge in [0.25, 0.3) is 0 Å². The van der Waals surface area contributed by atoms with Crippen molar-refractivity contribution < 1.29 is 8.42 Å². The Kier molecular flexibility index (Phi) is 4.21. The zero-order valence-electron chi connectivity index (χ0n) is 9.79. The predicted octanol–water partition coefficient (Wildman–Crippen LogP) is 1.78. The number of sulfonamides is 1. The minimum absolute atomic E-state index is 0.0426. The second-order valence-corrected chi connectivity index (χ2v) is 7.04. The lowest BCUT2D eigenvalue weighted by atomic mass is 10.2. The summed E-state index contributed by atoms with van der Waals surface area (Å²) in [6.45, 7) is 0.914. The zero-order chi connectivity index (χ0) is 13.2. The van der Waals surface area contributed by atoms with Gasteiger partial charge in [-0.15, -0.1) is 0 Å². The highest BCUT2D eigenvalue weighted by atomic mass is 79.9. The topological polar surface area (TPSA) is 63.4 Å². The number of benzene rings is 1. The average molecular weight is 331 g/mol. The highest BCUT2D eigenvalue weighted by Crippen LogP contribution is 2.16. The van der Waals surface area contributed by atoms with Crippen LogP contribution in [0.5, 0.6) is 0 Å². The van der Waals surface area contributed by atoms with Crippen LogP contribution in [0.25, 0.3) is 6.08 Å². The van der Waals surface area contributed by atoms with Crippen molar-refractivity contribution in [2.75, 3.05) is 13.1 Å². The Hall–Kier alpha value is -0.690. The van der Waals surface area contributed by atoms with Crippen molar-refractivity contribution in [3.8, 4) is 0 Å². The fourth-order valence-corrected chi connectivity index (χ4v) is 3.52. The molecule has 0 saturated carbocycles. The number of nitrogens with two attached hydrogens (primary N) is 1. The van der Waals surface area contributed by atoms with Crippen LogP contribution in [0.1, 0.15) is 12.0 Å². The molecule has 4 nitrogen and oxygen atoms in total. The number of rotatable bonds is 3. The summed E-state index contributed by atoms with van der Waals surface area (Å²) in [5.41, 5.74) is 6.56. The molecule has 1 aliphatic heterocycles. The van der Waals surface area contributed by atoms with E-state index in [1.165, 1.54) is 9.71 Å². The van der Waals surface area contributed by atoms with E-state index in [-0.39, 0.29) is 6.04 Å². The summed E-state index contributed by atoms with van der Waals surface area (Å²) < 4.78 is 26.4. The molecule has 1 aromatic carbocycles. The molecule has 98 valence electrons. The minimum atomic E-state index is -3.35. The zero-order valence-corrected chi connectivity index (χ0v) is 12.2. The molecule has 0 unspecified atom stereocenters. The van der Waals surface area contributed by atoms with Crippen molar-refractivity contribution in [2.45, 2.75) is 12.5 Å². The summed E-state index contributed by atoms with van der Waals surface area (Å²) in [5.74, 6) is 0. The molecule has 0 spiro atoms. The van der Waals surface area contributed by atoms with Gasteiger partial charge >= 0.3 is 0 Å². The fraction of sp³-hybridized carbons (Fsp3) is 0.333. The van der Waals surface area contributed by atoms with Crippen LogP contribution >= 0.6 is 15.9 Å². The molecule has 0 aromatic heterocycles. The van der Waals surface area contributed by atoms with Crippen LogP contribution in [0.2, 0.25) is 0 Å². The summed E-state index contributed by atoms with van der Waals surface area (Å²) in [6.07, 6.45) is 2.33. The highest BCUT2D eigenvalue weighted by Gasteiger charge is 2.27. The van der Waals surface area contributed by atoms with Gasteiger partial charge in [-0.2, -0.15) is 4.31 Å². The second-order valence-electron chi connectivity index (χ2n) is 4.31. The van der Waals surface area contributed by atoms with E-state index in [1.54, 1.807) is 6.08 Å². The molecular weight excluding hydrogens is 316 g/mol. The largest absolute Gasteiger partial charge is 0.326 e. The van der Waals surface area contributed by atoms with E-state index in [0.29, 0.717) is 13.1 Å². The van der Waals surface area contributed by atoms with Crippen LogP contribution in [-0.2, 0) is 10.0 Å². The van der Waals surface area contributed by atoms with Gasteiger partial charge < -0.3 is 5.73 Å². The Morgan fingerprint density at radius 3 is 2.83 bits per heavy atom. The molecular formula is C12H15BrN2O2S. The van der Waals surface area contributed by atoms with Crippen LogP contribution in [0, 0.1) is 0 Å². The smallest absolute Gasteiger partial charge is 0.236 e. The van der Waals surface area contributed by atoms with Crippen LogP contribution in [0.15, 0.2) is 34.1 Å². The lowest BCUT2D eigenvalue weighted by Crippen LogP contribution is -2.30. The van der Waals surface area contributed by atoms with Gasteiger partial charge in [0.15, 0.2) is 0 Å². The number of hydrogen-bond acceptors (Lipinski definition) is 3. The normalized spacial score (nSPS) is 21.8. The highest BCUT2D eigenvalue weighted by molar-refractivity contribution is 9.10. The van der Waals surface area contributed by atoms with Gasteiger partial charge in [-0.1, -0.05) is 28.1 Å². The van der Waals surface area contributed by atoms with Crippen molar-refractivity contribution in [3.63, 3.8) is 0 Å². The maximum absolute atomic E-state index is 12.0. The Labute approximate surface area is 116 Å². The van der Waals surface area contributed by atoms with E-state index >= 15 is 0 Å². The Morgan fingerprint density at radius 2 is 2.22 bits per heavy atom. The number of hydrogen-bond donors (Lipinski definition) is 1. The van der Waals surface area contributed by atoms with E-state index in [0.717, 1.165) is 16.5 Å². The van der Waals surface area contributed by atoms with E-state index in [2.05, 4.69) is 15.9 Å². The van der Waals surface area contributed by atoms with Gasteiger partial charge in [0, 0.05) is 29.0 Å². The quantitative estimate of drug-likeness (QED) is 0.918. The first kappa shape index (κ1) is 13.7. The molecule has 1 atom stereocenters. The van der Waals surface area contributed by atoms with Crippen LogP contribution in [-0.4, -0.2) is 31.9 Å². The maximum atomic E-state index is 12.0. The summed E-state index contributed by atoms with van der Waals surface area (Å²) in [6, 6.07) is 7.43. The van der Waals surface area contributed by atoms with Crippen molar-refractivity contribution in [3.05, 3.63) is 39.7 Å². The molecule has 18 heavy (non-hydrogen) atoms. The van der Waals surface area contributed by atoms with Crippen molar-refractivity contribution in [2.24, 2.45) is 5.73 Å². The Morgan fingerprint density at radius 1 is 1.44 bits per heavy atom. The first-order valence-corrected chi connectivity index (χ1v) is 7.96. The van der Waals surface area contributed by atoms with Gasteiger partial charge in [-0.3, -0.25) is 0 Å². The molecule has 1 aliphatic rings. The molecule has 0 amide bonds. The summed E-state index contributed by atoms with van der Waals surface area (Å²) in [4.78, 5) is 0. The monoisotopic (exact) mass is 330 g/mol. The molecule has 2 rings (SSSR count). The van der Waals surface area contributed by atoms with Gasteiger partial charge in [0.05, 0.1) is 0 Å². The lowest BCUT2D eigenvalue weighted by Gasteiger charge is -2.12. The first-order chi connectivity index (χ1) is 8.47. The van der Waals surface area contributed by atoms with Gasteiger partial charge in [0.1, 0.15) is 0 Å². The van der Waals surface area contributed by atoms with Crippen molar-refractivity contribution in [1.82, 2.24) is 4.31 Å². The van der Waals surface area contributed by atoms with Gasteiger partial charge in [-0.05, 0) is 30.2 Å². The van der Waals surface area contributed by atoms with E-state index in [1.807, 2.05) is 24.3 Å². The van der Waals surface area contributed by atoms with Crippen LogP contribution in [0.3, 0.4) is 0 Å². The van der Waals surface area contributed by atoms with Gasteiger partial charge in [-0.25, -0.2) is 8.42 Å². The molecule has 1 saturated heterocycles. The Balaban J connectivity index is 2.13. The molecule has 2 N–H and O–H groups in total. The molecule has 0 radical (unpaired) electrons. The second kappa shape index (κ2) is 5.52. The Bertz CT molecular complexity index is 557. The summed E-state index contributed by atoms with van der Waals surface area (Å²) >= 11 is 3.35. The van der Waals surface area contributed by atoms with E-state index < -0.39 is 10.0 Å². The molecule has 1 fully saturated rings. The molecule has 0 aliphatic carbocycles. The van der Waals surface area contributed by atoms with E-state index in [9.17, 15) is 8.42 Å².